The van der Waals surface area contributed by atoms with Gasteiger partial charge in [0.05, 0.1) is 11.9 Å². The average molecular weight is 332 g/mol. The first-order valence-electron chi connectivity index (χ1n) is 7.70. The van der Waals surface area contributed by atoms with Crippen molar-refractivity contribution in [1.82, 2.24) is 20.1 Å². The molecule has 3 rings (SSSR count). The Bertz CT molecular complexity index is 650. The SMILES string of the molecule is Cc1ccc(-n2cnnc2SCC(=O)NCC2CCCO2)cc1. The molecule has 1 N–H and O–H groups in total. The largest absolute Gasteiger partial charge is 0.376 e. The van der Waals surface area contributed by atoms with Crippen LogP contribution in [0.4, 0.5) is 0 Å². The predicted octanol–water partition coefficient (Wildman–Crippen LogP) is 1.96. The van der Waals surface area contributed by atoms with E-state index in [1.54, 1.807) is 6.33 Å². The molecule has 1 atom stereocenters. The van der Waals surface area contributed by atoms with Crippen molar-refractivity contribution in [2.45, 2.75) is 31.0 Å². The van der Waals surface area contributed by atoms with Gasteiger partial charge in [0.15, 0.2) is 5.16 Å². The first-order chi connectivity index (χ1) is 11.2. The molecular formula is C16H20N4O2S. The lowest BCUT2D eigenvalue weighted by Gasteiger charge is -2.10. The van der Waals surface area contributed by atoms with Crippen molar-refractivity contribution in [2.75, 3.05) is 18.9 Å². The maximum Gasteiger partial charge on any atom is 0.230 e. The Hall–Kier alpha value is -1.86. The summed E-state index contributed by atoms with van der Waals surface area (Å²) in [6, 6.07) is 8.11. The molecule has 1 aromatic carbocycles. The van der Waals surface area contributed by atoms with Crippen molar-refractivity contribution >= 4 is 17.7 Å². The van der Waals surface area contributed by atoms with Gasteiger partial charge in [0.25, 0.3) is 0 Å². The number of benzene rings is 1. The van der Waals surface area contributed by atoms with Crippen LogP contribution in [-0.4, -0.2) is 45.7 Å². The second kappa shape index (κ2) is 7.61. The van der Waals surface area contributed by atoms with Crippen LogP contribution in [0.25, 0.3) is 5.69 Å². The normalized spacial score (nSPS) is 17.3. The van der Waals surface area contributed by atoms with Gasteiger partial charge in [-0.3, -0.25) is 9.36 Å². The summed E-state index contributed by atoms with van der Waals surface area (Å²) < 4.78 is 7.38. The van der Waals surface area contributed by atoms with E-state index in [1.807, 2.05) is 35.8 Å². The topological polar surface area (TPSA) is 69.0 Å². The van der Waals surface area contributed by atoms with Gasteiger partial charge in [-0.05, 0) is 31.9 Å². The second-order valence-electron chi connectivity index (χ2n) is 5.55. The van der Waals surface area contributed by atoms with Gasteiger partial charge >= 0.3 is 0 Å². The molecular weight excluding hydrogens is 312 g/mol. The van der Waals surface area contributed by atoms with E-state index in [1.165, 1.54) is 17.3 Å². The van der Waals surface area contributed by atoms with Crippen molar-refractivity contribution < 1.29 is 9.53 Å². The van der Waals surface area contributed by atoms with E-state index >= 15 is 0 Å². The molecule has 1 unspecified atom stereocenters. The molecule has 0 aliphatic carbocycles. The number of aryl methyl sites for hydroxylation is 1. The number of aromatic nitrogens is 3. The van der Waals surface area contributed by atoms with Crippen LogP contribution in [-0.2, 0) is 9.53 Å². The van der Waals surface area contributed by atoms with Crippen molar-refractivity contribution in [1.29, 1.82) is 0 Å². The standard InChI is InChI=1S/C16H20N4O2S/c1-12-4-6-13(7-5-12)20-11-18-19-16(20)23-10-15(21)17-9-14-3-2-8-22-14/h4-7,11,14H,2-3,8-10H2,1H3,(H,17,21). The maximum atomic E-state index is 11.9. The first-order valence-corrected chi connectivity index (χ1v) is 8.69. The molecule has 0 spiro atoms. The van der Waals surface area contributed by atoms with Crippen LogP contribution in [0.2, 0.25) is 0 Å². The van der Waals surface area contributed by atoms with E-state index in [-0.39, 0.29) is 12.0 Å². The number of hydrogen-bond acceptors (Lipinski definition) is 5. The summed E-state index contributed by atoms with van der Waals surface area (Å²) in [6.45, 7) is 3.43. The van der Waals surface area contributed by atoms with E-state index in [0.717, 1.165) is 25.1 Å². The third kappa shape index (κ3) is 4.33. The molecule has 1 amide bonds. The Morgan fingerprint density at radius 2 is 2.26 bits per heavy atom. The van der Waals surface area contributed by atoms with E-state index in [0.29, 0.717) is 17.5 Å². The zero-order chi connectivity index (χ0) is 16.1. The Kier molecular flexibility index (Phi) is 5.30. The van der Waals surface area contributed by atoms with Gasteiger partial charge < -0.3 is 10.1 Å². The van der Waals surface area contributed by atoms with Gasteiger partial charge in [0.2, 0.25) is 5.91 Å². The molecule has 23 heavy (non-hydrogen) atoms. The fourth-order valence-electron chi connectivity index (χ4n) is 2.42. The summed E-state index contributed by atoms with van der Waals surface area (Å²) in [5.74, 6) is 0.307. The Morgan fingerprint density at radius 3 is 3.00 bits per heavy atom. The predicted molar refractivity (Wildman–Crippen MR) is 88.8 cm³/mol. The zero-order valence-electron chi connectivity index (χ0n) is 13.1. The lowest BCUT2D eigenvalue weighted by molar-refractivity contribution is -0.119. The Labute approximate surface area is 139 Å². The van der Waals surface area contributed by atoms with Crippen LogP contribution in [0.1, 0.15) is 18.4 Å². The van der Waals surface area contributed by atoms with E-state index in [4.69, 9.17) is 4.74 Å². The van der Waals surface area contributed by atoms with E-state index in [9.17, 15) is 4.79 Å². The molecule has 0 radical (unpaired) electrons. The summed E-state index contributed by atoms with van der Waals surface area (Å²) in [7, 11) is 0. The van der Waals surface area contributed by atoms with Crippen molar-refractivity contribution in [3.05, 3.63) is 36.2 Å². The second-order valence-corrected chi connectivity index (χ2v) is 6.49. The Morgan fingerprint density at radius 1 is 1.43 bits per heavy atom. The summed E-state index contributed by atoms with van der Waals surface area (Å²) in [5.41, 5.74) is 2.19. The Balaban J connectivity index is 1.53. The quantitative estimate of drug-likeness (QED) is 0.819. The summed E-state index contributed by atoms with van der Waals surface area (Å²) >= 11 is 1.38. The number of nitrogens with one attached hydrogen (secondary N) is 1. The first kappa shape index (κ1) is 16.0. The van der Waals surface area contributed by atoms with Gasteiger partial charge in [-0.1, -0.05) is 29.5 Å². The minimum atomic E-state index is -0.0102. The fourth-order valence-corrected chi connectivity index (χ4v) is 3.18. The average Bonchev–Trinajstić information content (AvgIpc) is 3.23. The van der Waals surface area contributed by atoms with Crippen LogP contribution in [0.5, 0.6) is 0 Å². The number of rotatable bonds is 6. The van der Waals surface area contributed by atoms with Gasteiger partial charge in [-0.2, -0.15) is 0 Å². The molecule has 122 valence electrons. The number of amides is 1. The lowest BCUT2D eigenvalue weighted by atomic mass is 10.2. The number of carbonyl (C=O) groups is 1. The number of hydrogen-bond donors (Lipinski definition) is 1. The maximum absolute atomic E-state index is 11.9. The smallest absolute Gasteiger partial charge is 0.230 e. The van der Waals surface area contributed by atoms with Gasteiger partial charge in [0, 0.05) is 18.8 Å². The third-order valence-electron chi connectivity index (χ3n) is 3.71. The van der Waals surface area contributed by atoms with Crippen LogP contribution >= 0.6 is 11.8 Å². The van der Waals surface area contributed by atoms with E-state index in [2.05, 4.69) is 15.5 Å². The minimum absolute atomic E-state index is 0.0102. The van der Waals surface area contributed by atoms with Crippen LogP contribution in [0.3, 0.4) is 0 Å². The highest BCUT2D eigenvalue weighted by molar-refractivity contribution is 7.99. The summed E-state index contributed by atoms with van der Waals surface area (Å²) in [4.78, 5) is 11.9. The minimum Gasteiger partial charge on any atom is -0.376 e. The number of thioether (sulfide) groups is 1. The molecule has 0 saturated carbocycles. The third-order valence-corrected chi connectivity index (χ3v) is 4.65. The van der Waals surface area contributed by atoms with Crippen LogP contribution < -0.4 is 5.32 Å². The van der Waals surface area contributed by atoms with Gasteiger partial charge in [-0.15, -0.1) is 10.2 Å². The molecule has 2 aromatic rings. The number of nitrogens with zero attached hydrogens (tertiary/aromatic N) is 3. The molecule has 0 bridgehead atoms. The zero-order valence-corrected chi connectivity index (χ0v) is 13.9. The molecule has 1 saturated heterocycles. The lowest BCUT2D eigenvalue weighted by Crippen LogP contribution is -2.32. The van der Waals surface area contributed by atoms with Gasteiger partial charge in [0.1, 0.15) is 6.33 Å². The monoisotopic (exact) mass is 332 g/mol. The van der Waals surface area contributed by atoms with Crippen LogP contribution in [0.15, 0.2) is 35.7 Å². The molecule has 7 heteroatoms. The summed E-state index contributed by atoms with van der Waals surface area (Å²) in [5, 5.41) is 11.7. The summed E-state index contributed by atoms with van der Waals surface area (Å²) in [6.07, 6.45) is 3.93. The van der Waals surface area contributed by atoms with Crippen LogP contribution in [0, 0.1) is 6.92 Å². The number of carbonyl (C=O) groups excluding carboxylic acids is 1. The molecule has 1 fully saturated rings. The highest BCUT2D eigenvalue weighted by Crippen LogP contribution is 2.19. The highest BCUT2D eigenvalue weighted by atomic mass is 32.2. The highest BCUT2D eigenvalue weighted by Gasteiger charge is 2.16. The molecule has 1 aliphatic heterocycles. The number of ether oxygens (including phenoxy) is 1. The van der Waals surface area contributed by atoms with Crippen molar-refractivity contribution in [3.63, 3.8) is 0 Å². The molecule has 1 aliphatic rings. The molecule has 1 aromatic heterocycles. The molecule has 2 heterocycles. The van der Waals surface area contributed by atoms with Crippen molar-refractivity contribution in [2.24, 2.45) is 0 Å². The fraction of sp³-hybridized carbons (Fsp3) is 0.438. The van der Waals surface area contributed by atoms with Crippen molar-refractivity contribution in [3.8, 4) is 5.69 Å². The molecule has 6 nitrogen and oxygen atoms in total. The van der Waals surface area contributed by atoms with Gasteiger partial charge in [-0.25, -0.2) is 0 Å². The van der Waals surface area contributed by atoms with E-state index < -0.39 is 0 Å².